The Hall–Kier alpha value is -1.84. The summed E-state index contributed by atoms with van der Waals surface area (Å²) < 4.78 is 0. The zero-order chi connectivity index (χ0) is 13.4. The van der Waals surface area contributed by atoms with Crippen LogP contribution in [0.3, 0.4) is 0 Å². The molecule has 0 saturated heterocycles. The highest BCUT2D eigenvalue weighted by Gasteiger charge is 2.24. The van der Waals surface area contributed by atoms with Crippen LogP contribution in [0.4, 0.5) is 0 Å². The largest absolute Gasteiger partial charge is 0.508 e. The van der Waals surface area contributed by atoms with Gasteiger partial charge in [-0.3, -0.25) is 4.79 Å². The number of aryl methyl sites for hydroxylation is 1. The van der Waals surface area contributed by atoms with Crippen molar-refractivity contribution in [3.05, 3.63) is 28.8 Å². The molecule has 0 aliphatic heterocycles. The van der Waals surface area contributed by atoms with Crippen molar-refractivity contribution in [2.24, 2.45) is 0 Å². The van der Waals surface area contributed by atoms with Crippen LogP contribution in [0.5, 0.6) is 5.75 Å². The molecule has 0 heterocycles. The molecule has 4 nitrogen and oxygen atoms in total. The molecule has 0 unspecified atom stereocenters. The molecule has 0 atom stereocenters. The summed E-state index contributed by atoms with van der Waals surface area (Å²) >= 11 is 0. The van der Waals surface area contributed by atoms with Crippen LogP contribution in [0, 0.1) is 6.92 Å². The summed E-state index contributed by atoms with van der Waals surface area (Å²) in [5.41, 5.74) is 0.793. The molecule has 0 aliphatic carbocycles. The van der Waals surface area contributed by atoms with E-state index in [1.165, 1.54) is 12.1 Å². The number of carbonyl (C=O) groups excluding carboxylic acids is 1. The fourth-order valence-electron chi connectivity index (χ4n) is 1.65. The van der Waals surface area contributed by atoms with E-state index >= 15 is 0 Å². The monoisotopic (exact) mass is 236 g/mol. The lowest BCUT2D eigenvalue weighted by atomic mass is 9.84. The summed E-state index contributed by atoms with van der Waals surface area (Å²) in [5, 5.41) is 18.5. The van der Waals surface area contributed by atoms with Gasteiger partial charge in [0.2, 0.25) is 0 Å². The number of hydrogen-bond acceptors (Lipinski definition) is 3. The standard InChI is InChI=1S/C13H16O4/c1-7-5-10(14)9(13(2,3)4)6-8(7)11(15)12(16)17/h5-6,14H,1-4H3,(H,16,17). The molecule has 0 spiro atoms. The van der Waals surface area contributed by atoms with Crippen molar-refractivity contribution in [1.29, 1.82) is 0 Å². The number of benzene rings is 1. The Kier molecular flexibility index (Phi) is 3.27. The highest BCUT2D eigenvalue weighted by atomic mass is 16.4. The zero-order valence-corrected chi connectivity index (χ0v) is 10.4. The van der Waals surface area contributed by atoms with Crippen LogP contribution >= 0.6 is 0 Å². The fourth-order valence-corrected chi connectivity index (χ4v) is 1.65. The molecule has 0 bridgehead atoms. The molecule has 17 heavy (non-hydrogen) atoms. The number of carbonyl (C=O) groups is 2. The maximum atomic E-state index is 11.5. The SMILES string of the molecule is Cc1cc(O)c(C(C)(C)C)cc1C(=O)C(=O)O. The van der Waals surface area contributed by atoms with Crippen LogP contribution < -0.4 is 0 Å². The van der Waals surface area contributed by atoms with Gasteiger partial charge in [0.1, 0.15) is 5.75 Å². The lowest BCUT2D eigenvalue weighted by Crippen LogP contribution is -2.17. The van der Waals surface area contributed by atoms with Crippen molar-refractivity contribution in [2.75, 3.05) is 0 Å². The van der Waals surface area contributed by atoms with E-state index in [4.69, 9.17) is 5.11 Å². The van der Waals surface area contributed by atoms with Gasteiger partial charge in [-0.1, -0.05) is 20.8 Å². The summed E-state index contributed by atoms with van der Waals surface area (Å²) in [7, 11) is 0. The zero-order valence-electron chi connectivity index (χ0n) is 10.4. The van der Waals surface area contributed by atoms with E-state index in [0.717, 1.165) is 0 Å². The molecular formula is C13H16O4. The number of aromatic hydroxyl groups is 1. The Morgan fingerprint density at radius 3 is 2.12 bits per heavy atom. The van der Waals surface area contributed by atoms with Crippen molar-refractivity contribution in [1.82, 2.24) is 0 Å². The van der Waals surface area contributed by atoms with Gasteiger partial charge in [-0.15, -0.1) is 0 Å². The molecule has 92 valence electrons. The number of ketones is 1. The minimum Gasteiger partial charge on any atom is -0.508 e. The maximum Gasteiger partial charge on any atom is 0.377 e. The fraction of sp³-hybridized carbons (Fsp3) is 0.385. The Labute approximate surface area is 99.9 Å². The first-order valence-electron chi connectivity index (χ1n) is 5.26. The number of carboxylic acids is 1. The van der Waals surface area contributed by atoms with Crippen LogP contribution in [-0.4, -0.2) is 22.0 Å². The van der Waals surface area contributed by atoms with Crippen LogP contribution in [-0.2, 0) is 10.2 Å². The van der Waals surface area contributed by atoms with E-state index in [2.05, 4.69) is 0 Å². The highest BCUT2D eigenvalue weighted by molar-refractivity contribution is 6.40. The first kappa shape index (κ1) is 13.2. The first-order valence-corrected chi connectivity index (χ1v) is 5.26. The van der Waals surface area contributed by atoms with E-state index < -0.39 is 11.8 Å². The van der Waals surface area contributed by atoms with Crippen molar-refractivity contribution in [3.63, 3.8) is 0 Å². The molecule has 0 amide bonds. The summed E-state index contributed by atoms with van der Waals surface area (Å²) in [6, 6.07) is 2.89. The molecule has 1 aromatic rings. The molecule has 0 fully saturated rings. The van der Waals surface area contributed by atoms with Crippen LogP contribution in [0.25, 0.3) is 0 Å². The molecule has 0 radical (unpaired) electrons. The van der Waals surface area contributed by atoms with E-state index in [1.54, 1.807) is 6.92 Å². The summed E-state index contributed by atoms with van der Waals surface area (Å²) in [4.78, 5) is 22.2. The van der Waals surface area contributed by atoms with Gasteiger partial charge < -0.3 is 10.2 Å². The van der Waals surface area contributed by atoms with Gasteiger partial charge in [0.05, 0.1) is 0 Å². The third-order valence-electron chi connectivity index (χ3n) is 2.59. The van der Waals surface area contributed by atoms with Crippen LogP contribution in [0.2, 0.25) is 0 Å². The van der Waals surface area contributed by atoms with Crippen molar-refractivity contribution in [3.8, 4) is 5.75 Å². The van der Waals surface area contributed by atoms with Crippen molar-refractivity contribution in [2.45, 2.75) is 33.1 Å². The number of aliphatic carboxylic acids is 1. The average molecular weight is 236 g/mol. The van der Waals surface area contributed by atoms with Crippen LogP contribution in [0.15, 0.2) is 12.1 Å². The second kappa shape index (κ2) is 4.20. The summed E-state index contributed by atoms with van der Waals surface area (Å²) in [5.74, 6) is -2.36. The summed E-state index contributed by atoms with van der Waals surface area (Å²) in [6.07, 6.45) is 0. The maximum absolute atomic E-state index is 11.5. The third-order valence-corrected chi connectivity index (χ3v) is 2.59. The normalized spacial score (nSPS) is 11.3. The molecule has 2 N–H and O–H groups in total. The average Bonchev–Trinajstić information content (AvgIpc) is 2.14. The summed E-state index contributed by atoms with van der Waals surface area (Å²) in [6.45, 7) is 7.24. The third kappa shape index (κ3) is 2.64. The van der Waals surface area contributed by atoms with Gasteiger partial charge in [-0.05, 0) is 35.6 Å². The molecule has 4 heteroatoms. The number of Topliss-reactive ketones (excluding diaryl/α,β-unsaturated/α-hetero) is 1. The molecule has 1 aromatic carbocycles. The molecule has 0 aliphatic rings. The number of phenols is 1. The first-order chi connectivity index (χ1) is 7.64. The van der Waals surface area contributed by atoms with Gasteiger partial charge in [0.25, 0.3) is 5.78 Å². The van der Waals surface area contributed by atoms with Gasteiger partial charge in [-0.2, -0.15) is 0 Å². The lowest BCUT2D eigenvalue weighted by molar-refractivity contribution is -0.131. The second-order valence-electron chi connectivity index (χ2n) is 5.07. The van der Waals surface area contributed by atoms with E-state index in [0.29, 0.717) is 11.1 Å². The smallest absolute Gasteiger partial charge is 0.377 e. The molecule has 0 aromatic heterocycles. The quantitative estimate of drug-likeness (QED) is 0.610. The Morgan fingerprint density at radius 1 is 1.18 bits per heavy atom. The highest BCUT2D eigenvalue weighted by Crippen LogP contribution is 2.32. The predicted octanol–water partition coefficient (Wildman–Crippen LogP) is 2.27. The van der Waals surface area contributed by atoms with Gasteiger partial charge in [0.15, 0.2) is 0 Å². The topological polar surface area (TPSA) is 74.6 Å². The van der Waals surface area contributed by atoms with Gasteiger partial charge in [0, 0.05) is 5.56 Å². The number of hydrogen-bond donors (Lipinski definition) is 2. The molecular weight excluding hydrogens is 220 g/mol. The Morgan fingerprint density at radius 2 is 1.71 bits per heavy atom. The minimum atomic E-state index is -1.49. The van der Waals surface area contributed by atoms with E-state index in [-0.39, 0.29) is 16.7 Å². The Bertz CT molecular complexity index is 481. The number of phenolic OH excluding ortho intramolecular Hbond substituents is 1. The van der Waals surface area contributed by atoms with Gasteiger partial charge >= 0.3 is 5.97 Å². The minimum absolute atomic E-state index is 0.0805. The number of rotatable bonds is 2. The predicted molar refractivity (Wildman–Crippen MR) is 63.5 cm³/mol. The second-order valence-corrected chi connectivity index (χ2v) is 5.07. The van der Waals surface area contributed by atoms with E-state index in [1.807, 2.05) is 20.8 Å². The van der Waals surface area contributed by atoms with Crippen LogP contribution in [0.1, 0.15) is 42.3 Å². The lowest BCUT2D eigenvalue weighted by Gasteiger charge is -2.21. The van der Waals surface area contributed by atoms with E-state index in [9.17, 15) is 14.7 Å². The Balaban J connectivity index is 3.44. The number of carboxylic acid groups (broad SMARTS) is 1. The van der Waals surface area contributed by atoms with Crippen molar-refractivity contribution >= 4 is 11.8 Å². The van der Waals surface area contributed by atoms with Crippen molar-refractivity contribution < 1.29 is 19.8 Å². The molecule has 0 saturated carbocycles. The van der Waals surface area contributed by atoms with Gasteiger partial charge in [-0.25, -0.2) is 4.79 Å². The molecule has 1 rings (SSSR count).